The molecule has 2 fully saturated rings. The monoisotopic (exact) mass is 288 g/mol. The molecule has 0 radical (unpaired) electrons. The number of nitrogens with one attached hydrogen (secondary N) is 2. The molecule has 1 aliphatic heterocycles. The SMILES string of the molecule is CNC(=O)C1CCCCN1c1ccc(CNC2CC2)cn1. The molecule has 1 aliphatic carbocycles. The van der Waals surface area contributed by atoms with Crippen molar-refractivity contribution in [2.24, 2.45) is 0 Å². The minimum atomic E-state index is -0.0771. The zero-order chi connectivity index (χ0) is 14.7. The van der Waals surface area contributed by atoms with Crippen molar-refractivity contribution in [3.05, 3.63) is 23.9 Å². The average Bonchev–Trinajstić information content (AvgIpc) is 3.37. The highest BCUT2D eigenvalue weighted by Crippen LogP contribution is 2.24. The second-order valence-electron chi connectivity index (χ2n) is 6.00. The zero-order valence-electron chi connectivity index (χ0n) is 12.6. The Hall–Kier alpha value is -1.62. The molecule has 1 saturated heterocycles. The van der Waals surface area contributed by atoms with Gasteiger partial charge in [0.2, 0.25) is 5.91 Å². The van der Waals surface area contributed by atoms with Crippen molar-refractivity contribution in [1.82, 2.24) is 15.6 Å². The lowest BCUT2D eigenvalue weighted by molar-refractivity contribution is -0.122. The van der Waals surface area contributed by atoms with E-state index in [9.17, 15) is 4.79 Å². The summed E-state index contributed by atoms with van der Waals surface area (Å²) in [5.74, 6) is 1.01. The molecular weight excluding hydrogens is 264 g/mol. The van der Waals surface area contributed by atoms with Crippen LogP contribution in [0, 0.1) is 0 Å². The van der Waals surface area contributed by atoms with Crippen LogP contribution in [0.5, 0.6) is 0 Å². The normalized spacial score (nSPS) is 22.1. The third-order valence-corrected chi connectivity index (χ3v) is 4.33. The van der Waals surface area contributed by atoms with Gasteiger partial charge in [-0.25, -0.2) is 4.98 Å². The Labute approximate surface area is 126 Å². The van der Waals surface area contributed by atoms with E-state index in [0.717, 1.165) is 38.2 Å². The second kappa shape index (κ2) is 6.43. The fraction of sp³-hybridized carbons (Fsp3) is 0.625. The van der Waals surface area contributed by atoms with Crippen LogP contribution in [0.2, 0.25) is 0 Å². The first kappa shape index (κ1) is 14.3. The number of hydrogen-bond acceptors (Lipinski definition) is 4. The number of pyridine rings is 1. The number of nitrogens with zero attached hydrogens (tertiary/aromatic N) is 2. The predicted molar refractivity (Wildman–Crippen MR) is 83.2 cm³/mol. The van der Waals surface area contributed by atoms with E-state index >= 15 is 0 Å². The summed E-state index contributed by atoms with van der Waals surface area (Å²) in [6.07, 6.45) is 7.67. The van der Waals surface area contributed by atoms with Crippen molar-refractivity contribution in [2.45, 2.75) is 50.7 Å². The molecule has 21 heavy (non-hydrogen) atoms. The second-order valence-corrected chi connectivity index (χ2v) is 6.00. The lowest BCUT2D eigenvalue weighted by Gasteiger charge is -2.35. The van der Waals surface area contributed by atoms with Crippen molar-refractivity contribution in [2.75, 3.05) is 18.5 Å². The van der Waals surface area contributed by atoms with Gasteiger partial charge in [0.1, 0.15) is 11.9 Å². The molecule has 2 N–H and O–H groups in total. The summed E-state index contributed by atoms with van der Waals surface area (Å²) >= 11 is 0. The largest absolute Gasteiger partial charge is 0.357 e. The van der Waals surface area contributed by atoms with Crippen LogP contribution in [0.4, 0.5) is 5.82 Å². The Kier molecular flexibility index (Phi) is 4.39. The van der Waals surface area contributed by atoms with Crippen molar-refractivity contribution in [3.8, 4) is 0 Å². The topological polar surface area (TPSA) is 57.3 Å². The number of aromatic nitrogens is 1. The van der Waals surface area contributed by atoms with Crippen LogP contribution in [0.15, 0.2) is 18.3 Å². The smallest absolute Gasteiger partial charge is 0.242 e. The summed E-state index contributed by atoms with van der Waals surface area (Å²) < 4.78 is 0. The summed E-state index contributed by atoms with van der Waals surface area (Å²) in [7, 11) is 1.70. The van der Waals surface area contributed by atoms with E-state index in [1.54, 1.807) is 7.05 Å². The molecule has 2 aliphatic rings. The Morgan fingerprint density at radius 3 is 2.86 bits per heavy atom. The molecule has 5 heteroatoms. The fourth-order valence-electron chi connectivity index (χ4n) is 2.89. The van der Waals surface area contributed by atoms with E-state index in [1.807, 2.05) is 12.3 Å². The maximum atomic E-state index is 12.0. The number of likely N-dealkylation sites (N-methyl/N-ethyl adjacent to an activating group) is 1. The van der Waals surface area contributed by atoms with E-state index in [0.29, 0.717) is 6.04 Å². The van der Waals surface area contributed by atoms with Crippen LogP contribution in [-0.2, 0) is 11.3 Å². The first-order chi connectivity index (χ1) is 10.3. The predicted octanol–water partition coefficient (Wildman–Crippen LogP) is 1.44. The Morgan fingerprint density at radius 1 is 1.33 bits per heavy atom. The maximum absolute atomic E-state index is 12.0. The summed E-state index contributed by atoms with van der Waals surface area (Å²) in [4.78, 5) is 18.7. The van der Waals surface area contributed by atoms with Crippen LogP contribution in [0.1, 0.15) is 37.7 Å². The molecule has 3 rings (SSSR count). The average molecular weight is 288 g/mol. The van der Waals surface area contributed by atoms with Gasteiger partial charge >= 0.3 is 0 Å². The molecule has 1 aromatic heterocycles. The number of rotatable bonds is 5. The molecule has 1 amide bonds. The third-order valence-electron chi connectivity index (χ3n) is 4.33. The van der Waals surface area contributed by atoms with Crippen LogP contribution in [0.3, 0.4) is 0 Å². The zero-order valence-corrected chi connectivity index (χ0v) is 12.6. The lowest BCUT2D eigenvalue weighted by Crippen LogP contribution is -2.49. The minimum Gasteiger partial charge on any atom is -0.357 e. The van der Waals surface area contributed by atoms with Gasteiger partial charge in [0.25, 0.3) is 0 Å². The fourth-order valence-corrected chi connectivity index (χ4v) is 2.89. The van der Waals surface area contributed by atoms with Crippen molar-refractivity contribution in [3.63, 3.8) is 0 Å². The van der Waals surface area contributed by atoms with Crippen molar-refractivity contribution in [1.29, 1.82) is 0 Å². The number of amides is 1. The highest BCUT2D eigenvalue weighted by molar-refractivity contribution is 5.84. The molecule has 1 unspecified atom stereocenters. The van der Waals surface area contributed by atoms with Gasteiger partial charge in [-0.15, -0.1) is 0 Å². The standard InChI is InChI=1S/C16H24N4O/c1-17-16(21)14-4-2-3-9-20(14)15-8-5-12(11-19-15)10-18-13-6-7-13/h5,8,11,13-14,18H,2-4,6-7,9-10H2,1H3,(H,17,21). The quantitative estimate of drug-likeness (QED) is 0.861. The van der Waals surface area contributed by atoms with Crippen LogP contribution in [0.25, 0.3) is 0 Å². The van der Waals surface area contributed by atoms with Gasteiger partial charge in [-0.05, 0) is 43.7 Å². The molecule has 0 aromatic carbocycles. The molecule has 0 bridgehead atoms. The molecular formula is C16H24N4O. The van der Waals surface area contributed by atoms with Crippen molar-refractivity contribution < 1.29 is 4.79 Å². The third kappa shape index (κ3) is 3.53. The molecule has 2 heterocycles. The summed E-state index contributed by atoms with van der Waals surface area (Å²) in [6.45, 7) is 1.79. The lowest BCUT2D eigenvalue weighted by atomic mass is 10.0. The van der Waals surface area contributed by atoms with Gasteiger partial charge in [-0.1, -0.05) is 6.07 Å². The van der Waals surface area contributed by atoms with Gasteiger partial charge in [0.05, 0.1) is 0 Å². The van der Waals surface area contributed by atoms with E-state index in [2.05, 4.69) is 26.6 Å². The van der Waals surface area contributed by atoms with Gasteiger partial charge in [-0.2, -0.15) is 0 Å². The van der Waals surface area contributed by atoms with Crippen molar-refractivity contribution >= 4 is 11.7 Å². The van der Waals surface area contributed by atoms with Crippen LogP contribution < -0.4 is 15.5 Å². The summed E-state index contributed by atoms with van der Waals surface area (Å²) in [5.41, 5.74) is 1.21. The van der Waals surface area contributed by atoms with E-state index in [4.69, 9.17) is 0 Å². The molecule has 0 spiro atoms. The Bertz CT molecular complexity index is 484. The molecule has 1 atom stereocenters. The number of anilines is 1. The summed E-state index contributed by atoms with van der Waals surface area (Å²) in [5, 5.41) is 6.26. The highest BCUT2D eigenvalue weighted by Gasteiger charge is 2.28. The van der Waals surface area contributed by atoms with E-state index in [1.165, 1.54) is 18.4 Å². The van der Waals surface area contributed by atoms with E-state index < -0.39 is 0 Å². The maximum Gasteiger partial charge on any atom is 0.242 e. The van der Waals surface area contributed by atoms with Gasteiger partial charge in [0, 0.05) is 32.4 Å². The highest BCUT2D eigenvalue weighted by atomic mass is 16.2. The molecule has 5 nitrogen and oxygen atoms in total. The number of piperidine rings is 1. The van der Waals surface area contributed by atoms with Crippen LogP contribution >= 0.6 is 0 Å². The van der Waals surface area contributed by atoms with Crippen LogP contribution in [-0.4, -0.2) is 36.6 Å². The first-order valence-electron chi connectivity index (χ1n) is 7.94. The van der Waals surface area contributed by atoms with Gasteiger partial charge in [-0.3, -0.25) is 4.79 Å². The molecule has 1 aromatic rings. The minimum absolute atomic E-state index is 0.0771. The Balaban J connectivity index is 1.66. The number of carbonyl (C=O) groups excluding carboxylic acids is 1. The van der Waals surface area contributed by atoms with E-state index in [-0.39, 0.29) is 11.9 Å². The van der Waals surface area contributed by atoms with Gasteiger partial charge < -0.3 is 15.5 Å². The Morgan fingerprint density at radius 2 is 2.19 bits per heavy atom. The number of carbonyl (C=O) groups is 1. The number of hydrogen-bond donors (Lipinski definition) is 2. The van der Waals surface area contributed by atoms with Gasteiger partial charge in [0.15, 0.2) is 0 Å². The summed E-state index contributed by atoms with van der Waals surface area (Å²) in [6, 6.07) is 4.80. The molecule has 1 saturated carbocycles. The first-order valence-corrected chi connectivity index (χ1v) is 7.94. The molecule has 114 valence electrons.